The van der Waals surface area contributed by atoms with Gasteiger partial charge in [0.25, 0.3) is 0 Å². The van der Waals surface area contributed by atoms with Gasteiger partial charge in [0.15, 0.2) is 0 Å². The van der Waals surface area contributed by atoms with Crippen LogP contribution in [0.1, 0.15) is 26.2 Å². The third-order valence-corrected chi connectivity index (χ3v) is 2.77. The van der Waals surface area contributed by atoms with Gasteiger partial charge in [-0.2, -0.15) is 0 Å². The molecule has 1 unspecified atom stereocenters. The summed E-state index contributed by atoms with van der Waals surface area (Å²) in [7, 11) is 0. The Balaban J connectivity index is 2.06. The lowest BCUT2D eigenvalue weighted by atomic mass is 10.0. The van der Waals surface area contributed by atoms with Gasteiger partial charge in [0.1, 0.15) is 0 Å². The normalized spacial score (nSPS) is 40.0. The van der Waals surface area contributed by atoms with Crippen LogP contribution >= 0.6 is 0 Å². The van der Waals surface area contributed by atoms with Crippen LogP contribution in [0.3, 0.4) is 0 Å². The first-order chi connectivity index (χ1) is 4.22. The summed E-state index contributed by atoms with van der Waals surface area (Å²) in [5, 5.41) is 1.99. The molecule has 0 amide bonds. The van der Waals surface area contributed by atoms with Crippen LogP contribution in [0.4, 0.5) is 0 Å². The SMILES string of the molecule is CC1CC2(CC2)CN1N. The predicted molar refractivity (Wildman–Crippen MR) is 36.6 cm³/mol. The predicted octanol–water partition coefficient (Wildman–Crippen LogP) is 0.734. The van der Waals surface area contributed by atoms with Crippen LogP contribution in [-0.2, 0) is 0 Å². The van der Waals surface area contributed by atoms with E-state index < -0.39 is 0 Å². The highest BCUT2D eigenvalue weighted by Gasteiger charge is 2.49. The second-order valence-electron chi connectivity index (χ2n) is 3.73. The molecule has 2 N–H and O–H groups in total. The van der Waals surface area contributed by atoms with Crippen molar-refractivity contribution in [2.24, 2.45) is 11.3 Å². The van der Waals surface area contributed by atoms with Gasteiger partial charge < -0.3 is 0 Å². The van der Waals surface area contributed by atoms with E-state index in [-0.39, 0.29) is 0 Å². The Morgan fingerprint density at radius 2 is 2.22 bits per heavy atom. The summed E-state index contributed by atoms with van der Waals surface area (Å²) in [5.74, 6) is 5.73. The molecule has 9 heavy (non-hydrogen) atoms. The van der Waals surface area contributed by atoms with Crippen molar-refractivity contribution in [1.82, 2.24) is 5.01 Å². The zero-order valence-electron chi connectivity index (χ0n) is 5.93. The van der Waals surface area contributed by atoms with Gasteiger partial charge in [-0.1, -0.05) is 0 Å². The van der Waals surface area contributed by atoms with Crippen LogP contribution in [0, 0.1) is 5.41 Å². The zero-order chi connectivity index (χ0) is 6.48. The molecule has 0 bridgehead atoms. The second kappa shape index (κ2) is 1.50. The molecule has 0 aromatic rings. The van der Waals surface area contributed by atoms with Crippen LogP contribution in [0.25, 0.3) is 0 Å². The van der Waals surface area contributed by atoms with E-state index in [0.29, 0.717) is 11.5 Å². The number of rotatable bonds is 0. The molecule has 0 aromatic carbocycles. The molecule has 2 fully saturated rings. The van der Waals surface area contributed by atoms with Gasteiger partial charge in [0.2, 0.25) is 0 Å². The van der Waals surface area contributed by atoms with Crippen molar-refractivity contribution in [3.05, 3.63) is 0 Å². The molecule has 2 aliphatic rings. The fourth-order valence-electron chi connectivity index (χ4n) is 1.89. The van der Waals surface area contributed by atoms with Crippen molar-refractivity contribution < 1.29 is 0 Å². The van der Waals surface area contributed by atoms with Crippen molar-refractivity contribution in [1.29, 1.82) is 0 Å². The third-order valence-electron chi connectivity index (χ3n) is 2.77. The minimum Gasteiger partial charge on any atom is -0.269 e. The van der Waals surface area contributed by atoms with Crippen molar-refractivity contribution in [2.75, 3.05) is 6.54 Å². The lowest BCUT2D eigenvalue weighted by Gasteiger charge is -2.12. The van der Waals surface area contributed by atoms with E-state index >= 15 is 0 Å². The minimum atomic E-state index is 0.632. The van der Waals surface area contributed by atoms with Gasteiger partial charge in [-0.05, 0) is 31.6 Å². The number of hydrogen-bond donors (Lipinski definition) is 1. The van der Waals surface area contributed by atoms with Gasteiger partial charge in [-0.15, -0.1) is 0 Å². The van der Waals surface area contributed by atoms with E-state index in [1.165, 1.54) is 19.3 Å². The van der Waals surface area contributed by atoms with Gasteiger partial charge in [-0.3, -0.25) is 5.84 Å². The topological polar surface area (TPSA) is 29.3 Å². The average molecular weight is 126 g/mol. The van der Waals surface area contributed by atoms with Crippen LogP contribution in [0.5, 0.6) is 0 Å². The van der Waals surface area contributed by atoms with E-state index in [1.54, 1.807) is 0 Å². The lowest BCUT2D eigenvalue weighted by molar-refractivity contribution is 0.272. The van der Waals surface area contributed by atoms with Crippen molar-refractivity contribution in [3.63, 3.8) is 0 Å². The summed E-state index contributed by atoms with van der Waals surface area (Å²) >= 11 is 0. The molecule has 2 nitrogen and oxygen atoms in total. The quantitative estimate of drug-likeness (QED) is 0.485. The fraction of sp³-hybridized carbons (Fsp3) is 1.00. The van der Waals surface area contributed by atoms with Gasteiger partial charge in [0.05, 0.1) is 0 Å². The third kappa shape index (κ3) is 0.775. The van der Waals surface area contributed by atoms with Gasteiger partial charge in [0, 0.05) is 12.6 Å². The van der Waals surface area contributed by atoms with E-state index in [4.69, 9.17) is 5.84 Å². The number of hydrazine groups is 1. The molecule has 1 spiro atoms. The highest BCUT2D eigenvalue weighted by molar-refractivity contribution is 5.01. The van der Waals surface area contributed by atoms with E-state index in [9.17, 15) is 0 Å². The smallest absolute Gasteiger partial charge is 0.0218 e. The first-order valence-electron chi connectivity index (χ1n) is 3.73. The molecule has 1 atom stereocenters. The molecular weight excluding hydrogens is 112 g/mol. The largest absolute Gasteiger partial charge is 0.269 e. The van der Waals surface area contributed by atoms with E-state index in [0.717, 1.165) is 6.54 Å². The Kier molecular flexibility index (Phi) is 0.945. The minimum absolute atomic E-state index is 0.632. The molecule has 52 valence electrons. The van der Waals surface area contributed by atoms with Crippen molar-refractivity contribution in [2.45, 2.75) is 32.2 Å². The first-order valence-corrected chi connectivity index (χ1v) is 3.73. The van der Waals surface area contributed by atoms with Crippen LogP contribution in [0.2, 0.25) is 0 Å². The first kappa shape index (κ1) is 5.69. The van der Waals surface area contributed by atoms with Crippen LogP contribution < -0.4 is 5.84 Å². The molecule has 1 saturated heterocycles. The Morgan fingerprint density at radius 1 is 1.56 bits per heavy atom. The van der Waals surface area contributed by atoms with Crippen LogP contribution in [-0.4, -0.2) is 17.6 Å². The average Bonchev–Trinajstić information content (AvgIpc) is 2.42. The molecule has 1 aliphatic carbocycles. The number of nitrogens with two attached hydrogens (primary N) is 1. The maximum Gasteiger partial charge on any atom is 0.0218 e. The highest BCUT2D eigenvalue weighted by Crippen LogP contribution is 2.53. The number of hydrogen-bond acceptors (Lipinski definition) is 2. The zero-order valence-corrected chi connectivity index (χ0v) is 5.93. The summed E-state index contributed by atoms with van der Waals surface area (Å²) in [6.07, 6.45) is 4.18. The second-order valence-corrected chi connectivity index (χ2v) is 3.73. The highest BCUT2D eigenvalue weighted by atomic mass is 15.4. The Morgan fingerprint density at radius 3 is 2.44 bits per heavy atom. The molecule has 1 saturated carbocycles. The summed E-state index contributed by atoms with van der Waals surface area (Å²) < 4.78 is 0. The molecule has 2 rings (SSSR count). The standard InChI is InChI=1S/C7H14N2/c1-6-4-7(2-3-7)5-9(6)8/h6H,2-5,8H2,1H3. The van der Waals surface area contributed by atoms with E-state index in [1.807, 2.05) is 5.01 Å². The van der Waals surface area contributed by atoms with Crippen LogP contribution in [0.15, 0.2) is 0 Å². The maximum absolute atomic E-state index is 5.73. The molecule has 0 radical (unpaired) electrons. The molecular formula is C7H14N2. The monoisotopic (exact) mass is 126 g/mol. The lowest BCUT2D eigenvalue weighted by Crippen LogP contribution is -2.34. The molecule has 1 heterocycles. The Bertz CT molecular complexity index is 117. The Labute approximate surface area is 56.0 Å². The summed E-state index contributed by atoms with van der Waals surface area (Å²) in [4.78, 5) is 0. The molecule has 1 aliphatic heterocycles. The number of nitrogens with zero attached hydrogens (tertiary/aromatic N) is 1. The summed E-state index contributed by atoms with van der Waals surface area (Å²) in [6, 6.07) is 0.632. The van der Waals surface area contributed by atoms with Gasteiger partial charge >= 0.3 is 0 Å². The summed E-state index contributed by atoms with van der Waals surface area (Å²) in [5.41, 5.74) is 0.689. The fourth-order valence-corrected chi connectivity index (χ4v) is 1.89. The van der Waals surface area contributed by atoms with Crippen molar-refractivity contribution >= 4 is 0 Å². The maximum atomic E-state index is 5.73. The van der Waals surface area contributed by atoms with E-state index in [2.05, 4.69) is 6.92 Å². The molecule has 2 heteroatoms. The molecule has 0 aromatic heterocycles. The van der Waals surface area contributed by atoms with Crippen molar-refractivity contribution in [3.8, 4) is 0 Å². The summed E-state index contributed by atoms with van der Waals surface area (Å²) in [6.45, 7) is 3.36. The van der Waals surface area contributed by atoms with Gasteiger partial charge in [-0.25, -0.2) is 5.01 Å². The Hall–Kier alpha value is -0.0800.